The van der Waals surface area contributed by atoms with Gasteiger partial charge in [0, 0.05) is 18.3 Å². The summed E-state index contributed by atoms with van der Waals surface area (Å²) in [6, 6.07) is 4.87. The van der Waals surface area contributed by atoms with Crippen LogP contribution in [0.25, 0.3) is 0 Å². The van der Waals surface area contributed by atoms with Gasteiger partial charge in [0.05, 0.1) is 18.0 Å². The second-order valence-electron chi connectivity index (χ2n) is 4.67. The summed E-state index contributed by atoms with van der Waals surface area (Å²) in [5, 5.41) is 8.12. The Bertz CT molecular complexity index is 662. The summed E-state index contributed by atoms with van der Waals surface area (Å²) in [7, 11) is -3.35. The first-order chi connectivity index (χ1) is 9.15. The molecule has 2 heterocycles. The molecule has 0 saturated heterocycles. The molecule has 19 heavy (non-hydrogen) atoms. The van der Waals surface area contributed by atoms with Crippen molar-refractivity contribution >= 4 is 9.84 Å². The molecule has 0 unspecified atom stereocenters. The maximum Gasteiger partial charge on any atom is 0.197 e. The summed E-state index contributed by atoms with van der Waals surface area (Å²) in [5.74, 6) is 0.512. The highest BCUT2D eigenvalue weighted by atomic mass is 32.2. The van der Waals surface area contributed by atoms with Crippen LogP contribution < -0.4 is 0 Å². The molecule has 1 aliphatic rings. The lowest BCUT2D eigenvalue weighted by Crippen LogP contribution is -2.14. The van der Waals surface area contributed by atoms with E-state index < -0.39 is 9.84 Å². The monoisotopic (exact) mass is 278 g/mol. The number of sulfone groups is 1. The highest BCUT2D eigenvalue weighted by Crippen LogP contribution is 2.38. The lowest BCUT2D eigenvalue weighted by atomic mass is 10.3. The van der Waals surface area contributed by atoms with Crippen LogP contribution in [0.4, 0.5) is 0 Å². The van der Waals surface area contributed by atoms with Crippen LogP contribution in [0.15, 0.2) is 35.6 Å². The topological polar surface area (TPSA) is 77.7 Å². The SMILES string of the molecule is O=S(=O)(CCn1cc(C2CC2)nn1)c1ccccn1. The van der Waals surface area contributed by atoms with Gasteiger partial charge in [0.2, 0.25) is 0 Å². The summed E-state index contributed by atoms with van der Waals surface area (Å²) in [6.45, 7) is 0.304. The van der Waals surface area contributed by atoms with Crippen molar-refractivity contribution in [2.45, 2.75) is 30.3 Å². The van der Waals surface area contributed by atoms with Crippen molar-refractivity contribution in [2.75, 3.05) is 5.75 Å². The first kappa shape index (κ1) is 12.3. The van der Waals surface area contributed by atoms with E-state index in [1.165, 1.54) is 12.3 Å². The van der Waals surface area contributed by atoms with Crippen molar-refractivity contribution in [1.82, 2.24) is 20.0 Å². The Hall–Kier alpha value is -1.76. The van der Waals surface area contributed by atoms with E-state index >= 15 is 0 Å². The summed E-state index contributed by atoms with van der Waals surface area (Å²) >= 11 is 0. The minimum Gasteiger partial charge on any atom is -0.251 e. The van der Waals surface area contributed by atoms with Crippen molar-refractivity contribution in [1.29, 1.82) is 0 Å². The Labute approximate surface area is 111 Å². The average molecular weight is 278 g/mol. The van der Waals surface area contributed by atoms with Crippen LogP contribution in [0.5, 0.6) is 0 Å². The molecule has 0 atom stereocenters. The van der Waals surface area contributed by atoms with E-state index in [0.717, 1.165) is 18.5 Å². The molecule has 2 aromatic heterocycles. The maximum atomic E-state index is 12.0. The largest absolute Gasteiger partial charge is 0.251 e. The van der Waals surface area contributed by atoms with Crippen molar-refractivity contribution in [3.05, 3.63) is 36.3 Å². The van der Waals surface area contributed by atoms with Gasteiger partial charge < -0.3 is 0 Å². The van der Waals surface area contributed by atoms with Gasteiger partial charge >= 0.3 is 0 Å². The molecule has 2 aromatic rings. The summed E-state index contributed by atoms with van der Waals surface area (Å²) in [4.78, 5) is 3.87. The van der Waals surface area contributed by atoms with Crippen LogP contribution in [0.3, 0.4) is 0 Å². The van der Waals surface area contributed by atoms with Gasteiger partial charge in [-0.15, -0.1) is 5.10 Å². The number of hydrogen-bond acceptors (Lipinski definition) is 5. The Balaban J connectivity index is 1.67. The quantitative estimate of drug-likeness (QED) is 0.816. The molecule has 1 saturated carbocycles. The van der Waals surface area contributed by atoms with Crippen LogP contribution >= 0.6 is 0 Å². The van der Waals surface area contributed by atoms with Crippen LogP contribution in [0.2, 0.25) is 0 Å². The average Bonchev–Trinajstić information content (AvgIpc) is 3.17. The molecular formula is C12H14N4O2S. The molecule has 6 nitrogen and oxygen atoms in total. The molecule has 1 aliphatic carbocycles. The van der Waals surface area contributed by atoms with E-state index in [4.69, 9.17) is 0 Å². The Morgan fingerprint density at radius 3 is 2.84 bits per heavy atom. The third-order valence-corrected chi connectivity index (χ3v) is 4.70. The highest BCUT2D eigenvalue weighted by Gasteiger charge is 2.26. The molecule has 0 bridgehead atoms. The molecule has 0 aliphatic heterocycles. The fourth-order valence-electron chi connectivity index (χ4n) is 1.84. The van der Waals surface area contributed by atoms with Gasteiger partial charge in [-0.1, -0.05) is 11.3 Å². The van der Waals surface area contributed by atoms with Gasteiger partial charge in [-0.2, -0.15) is 0 Å². The standard InChI is InChI=1S/C12H14N4O2S/c17-19(18,12-3-1-2-6-13-12)8-7-16-9-11(14-15-16)10-4-5-10/h1-3,6,9-10H,4-5,7-8H2. The van der Waals surface area contributed by atoms with E-state index in [2.05, 4.69) is 15.3 Å². The number of pyridine rings is 1. The highest BCUT2D eigenvalue weighted by molar-refractivity contribution is 7.91. The number of rotatable bonds is 5. The van der Waals surface area contributed by atoms with E-state index in [-0.39, 0.29) is 10.8 Å². The van der Waals surface area contributed by atoms with Gasteiger partial charge in [-0.3, -0.25) is 4.68 Å². The predicted molar refractivity (Wildman–Crippen MR) is 68.3 cm³/mol. The third-order valence-electron chi connectivity index (χ3n) is 3.10. The van der Waals surface area contributed by atoms with Crippen LogP contribution in [-0.2, 0) is 16.4 Å². The smallest absolute Gasteiger partial charge is 0.197 e. The van der Waals surface area contributed by atoms with Gasteiger partial charge in [0.15, 0.2) is 14.9 Å². The van der Waals surface area contributed by atoms with Gasteiger partial charge in [-0.25, -0.2) is 13.4 Å². The molecule has 0 amide bonds. The van der Waals surface area contributed by atoms with Gasteiger partial charge in [0.25, 0.3) is 0 Å². The second-order valence-corrected chi connectivity index (χ2v) is 6.72. The molecule has 7 heteroatoms. The summed E-state index contributed by atoms with van der Waals surface area (Å²) in [5.41, 5.74) is 0.968. The second kappa shape index (κ2) is 4.73. The molecule has 100 valence electrons. The Kier molecular flexibility index (Phi) is 3.06. The number of hydrogen-bond donors (Lipinski definition) is 0. The molecule has 0 N–H and O–H groups in total. The fourth-order valence-corrected chi connectivity index (χ4v) is 2.98. The molecular weight excluding hydrogens is 264 g/mol. The van der Waals surface area contributed by atoms with Crippen molar-refractivity contribution in [2.24, 2.45) is 0 Å². The Morgan fingerprint density at radius 2 is 2.16 bits per heavy atom. The zero-order valence-electron chi connectivity index (χ0n) is 10.3. The summed E-state index contributed by atoms with van der Waals surface area (Å²) < 4.78 is 25.7. The zero-order chi connectivity index (χ0) is 13.3. The van der Waals surface area contributed by atoms with Crippen molar-refractivity contribution in [3.8, 4) is 0 Å². The van der Waals surface area contributed by atoms with Gasteiger partial charge in [0.1, 0.15) is 0 Å². The molecule has 3 rings (SSSR count). The maximum absolute atomic E-state index is 12.0. The minimum absolute atomic E-state index is 0.0164. The third kappa shape index (κ3) is 2.81. The van der Waals surface area contributed by atoms with E-state index in [1.54, 1.807) is 16.8 Å². The number of aryl methyl sites for hydroxylation is 1. The van der Waals surface area contributed by atoms with Crippen LogP contribution in [0, 0.1) is 0 Å². The molecule has 0 aromatic carbocycles. The first-order valence-electron chi connectivity index (χ1n) is 6.19. The Morgan fingerprint density at radius 1 is 1.32 bits per heavy atom. The van der Waals surface area contributed by atoms with E-state index in [9.17, 15) is 8.42 Å². The van der Waals surface area contributed by atoms with Crippen molar-refractivity contribution < 1.29 is 8.42 Å². The fraction of sp³-hybridized carbons (Fsp3) is 0.417. The normalized spacial score (nSPS) is 15.6. The number of nitrogens with zero attached hydrogens (tertiary/aromatic N) is 4. The first-order valence-corrected chi connectivity index (χ1v) is 7.84. The van der Waals surface area contributed by atoms with Gasteiger partial charge in [-0.05, 0) is 25.0 Å². The zero-order valence-corrected chi connectivity index (χ0v) is 11.1. The lowest BCUT2D eigenvalue weighted by Gasteiger charge is -2.02. The van der Waals surface area contributed by atoms with Crippen molar-refractivity contribution in [3.63, 3.8) is 0 Å². The molecule has 0 radical (unpaired) electrons. The molecule has 0 spiro atoms. The predicted octanol–water partition coefficient (Wildman–Crippen LogP) is 1.02. The van der Waals surface area contributed by atoms with E-state index in [0.29, 0.717) is 12.5 Å². The molecule has 1 fully saturated rings. The lowest BCUT2D eigenvalue weighted by molar-refractivity contribution is 0.572. The number of aromatic nitrogens is 4. The van der Waals surface area contributed by atoms with E-state index in [1.807, 2.05) is 6.20 Å². The summed E-state index contributed by atoms with van der Waals surface area (Å²) in [6.07, 6.45) is 5.63. The minimum atomic E-state index is -3.35. The van der Waals surface area contributed by atoms with Crippen LogP contribution in [-0.4, -0.2) is 34.1 Å². The van der Waals surface area contributed by atoms with Crippen LogP contribution in [0.1, 0.15) is 24.5 Å².